The Labute approximate surface area is 405 Å². The zero-order valence-corrected chi connectivity index (χ0v) is 40.6. The maximum absolute atomic E-state index is 12.2. The predicted octanol–water partition coefficient (Wildman–Crippen LogP) is 2.27. The van der Waals surface area contributed by atoms with E-state index in [0.29, 0.717) is 38.2 Å². The van der Waals surface area contributed by atoms with Crippen LogP contribution in [0.4, 0.5) is 0 Å². The quantitative estimate of drug-likeness (QED) is 0.0770. The molecule has 8 rings (SSSR count). The van der Waals surface area contributed by atoms with Crippen molar-refractivity contribution in [2.75, 3.05) is 24.7 Å². The van der Waals surface area contributed by atoms with Crippen molar-refractivity contribution in [2.45, 2.75) is 150 Å². The fourth-order valence-electron chi connectivity index (χ4n) is 11.8. The van der Waals surface area contributed by atoms with E-state index in [1.807, 2.05) is 30.4 Å². The number of ether oxygens (including phenoxy) is 2. The molecule has 0 aromatic carbocycles. The number of aliphatic carboxylic acids is 2. The number of nitrogens with one attached hydrogen (secondary N) is 3. The van der Waals surface area contributed by atoms with Crippen LogP contribution in [0.25, 0.3) is 0 Å². The van der Waals surface area contributed by atoms with Crippen molar-refractivity contribution in [1.82, 2.24) is 16.0 Å². The molecule has 3 aliphatic carbocycles. The molecule has 0 spiro atoms. The third-order valence-electron chi connectivity index (χ3n) is 15.6. The van der Waals surface area contributed by atoms with E-state index in [2.05, 4.69) is 27.6 Å². The number of carbonyl (C=O) groups is 6. The Morgan fingerprint density at radius 3 is 1.54 bits per heavy atom. The molecule has 3 amide bonds. The molecule has 0 aromatic rings. The van der Waals surface area contributed by atoms with E-state index in [9.17, 15) is 59.4 Å². The van der Waals surface area contributed by atoms with E-state index in [1.54, 1.807) is 19.9 Å². The summed E-state index contributed by atoms with van der Waals surface area (Å²) in [6.45, 7) is 4.98. The van der Waals surface area contributed by atoms with Gasteiger partial charge in [0.05, 0.1) is 36.1 Å². The first-order valence-corrected chi connectivity index (χ1v) is 24.6. The molecular weight excluding hydrogens is 941 g/mol. The number of fused-ring (bicyclic) bond motifs is 2. The van der Waals surface area contributed by atoms with E-state index in [-0.39, 0.29) is 41.4 Å². The van der Waals surface area contributed by atoms with Gasteiger partial charge in [-0.05, 0) is 97.8 Å². The maximum atomic E-state index is 12.2. The van der Waals surface area contributed by atoms with Crippen molar-refractivity contribution in [1.29, 1.82) is 0 Å². The highest BCUT2D eigenvalue weighted by molar-refractivity contribution is 6.18. The Bertz CT molecular complexity index is 1940. The van der Waals surface area contributed by atoms with Crippen molar-refractivity contribution in [3.63, 3.8) is 0 Å². The molecule has 15 atom stereocenters. The lowest BCUT2D eigenvalue weighted by Crippen LogP contribution is -2.80. The number of esters is 1. The molecule has 21 heteroatoms. The van der Waals surface area contributed by atoms with Gasteiger partial charge in [-0.25, -0.2) is 14.4 Å². The van der Waals surface area contributed by atoms with Gasteiger partial charge in [0.1, 0.15) is 11.2 Å². The van der Waals surface area contributed by atoms with Crippen LogP contribution in [-0.2, 0) is 38.2 Å². The summed E-state index contributed by atoms with van der Waals surface area (Å²) in [5.41, 5.74) is -9.39. The van der Waals surface area contributed by atoms with Gasteiger partial charge in [-0.3, -0.25) is 14.4 Å². The van der Waals surface area contributed by atoms with Gasteiger partial charge in [0.25, 0.3) is 0 Å². The molecule has 0 aromatic heterocycles. The van der Waals surface area contributed by atoms with Crippen LogP contribution in [0, 0.1) is 35.5 Å². The fraction of sp³-hybridized carbons (Fsp3) is 0.739. The van der Waals surface area contributed by atoms with Crippen molar-refractivity contribution in [3.8, 4) is 0 Å². The van der Waals surface area contributed by atoms with E-state index >= 15 is 0 Å². The van der Waals surface area contributed by atoms with Crippen LogP contribution in [0.5, 0.6) is 0 Å². The van der Waals surface area contributed by atoms with Gasteiger partial charge >= 0.3 is 17.9 Å². The van der Waals surface area contributed by atoms with Crippen LogP contribution in [0.2, 0.25) is 0 Å². The van der Waals surface area contributed by atoms with Gasteiger partial charge in [-0.2, -0.15) is 0 Å². The molecule has 18 nitrogen and oxygen atoms in total. The number of carboxylic acids is 2. The van der Waals surface area contributed by atoms with Crippen molar-refractivity contribution < 1.29 is 74.4 Å². The molecular formula is C46H68Cl3N3O15. The van der Waals surface area contributed by atoms with Crippen LogP contribution in [-0.4, -0.2) is 148 Å². The smallest absolute Gasteiger partial charge is 0.339 e. The standard InChI is InChI=1S/C15H22ClNO5.C15H20ClNO4.C15H21NO5.CH3Cl.H2O/c1-14(22)10(7-8-16)12(19)17-15(14,13(20)21)11(18)9-5-3-2-4-6-9;1-14-10(7-8-16)12(19)17-15(14,13(20)21-14)11(18)9-5-3-2-4-6-9;1-14-10(7-8-21-14)12(18)16-15(14,13(19)20)11(17)9-5-3-2-4-6-9;1-2;/h3,5,9-11,18,22H,2,4,6-8H2,1H3,(H,17,19)(H,20,21);3,5,9-11,18H,2,4,6-8H2,1H3,(H,17,19);3,5,9-11,17H,2,4,6-8H2,1H3,(H,16,18)(H,19,20);1H3;1H2/t3*9-,10+,11+,14+,15+;;/m111../s1. The monoisotopic (exact) mass is 1010 g/mol. The number of aliphatic hydroxyl groups excluding tert-OH is 3. The lowest BCUT2D eigenvalue weighted by molar-refractivity contribution is -0.238. The Morgan fingerprint density at radius 2 is 1.10 bits per heavy atom. The number of carboxylic acid groups (broad SMARTS) is 2. The van der Waals surface area contributed by atoms with Gasteiger partial charge < -0.3 is 61.5 Å². The summed E-state index contributed by atoms with van der Waals surface area (Å²) in [5.74, 6) is -6.81. The number of allylic oxidation sites excluding steroid dienone is 3. The average molecular weight is 1010 g/mol. The Hall–Kier alpha value is -3.33. The van der Waals surface area contributed by atoms with Crippen LogP contribution >= 0.6 is 34.8 Å². The van der Waals surface area contributed by atoms with Gasteiger partial charge in [-0.15, -0.1) is 34.8 Å². The summed E-state index contributed by atoms with van der Waals surface area (Å²) in [5, 5.41) is 70.3. The number of halogens is 3. The number of amides is 3. The normalized spacial score (nSPS) is 40.1. The number of alkyl halides is 3. The lowest BCUT2D eigenvalue weighted by atomic mass is 9.64. The third kappa shape index (κ3) is 9.16. The van der Waals surface area contributed by atoms with Crippen LogP contribution in [0.3, 0.4) is 0 Å². The highest BCUT2D eigenvalue weighted by atomic mass is 35.5. The molecule has 5 heterocycles. The first-order chi connectivity index (χ1) is 31.2. The van der Waals surface area contributed by atoms with Gasteiger partial charge in [-0.1, -0.05) is 36.5 Å². The zero-order valence-electron chi connectivity index (χ0n) is 38.4. The SMILES string of the molecule is CCl.C[C@@]12OC(=O)[C@]1([C@@H](O)[C@@H]1C=CCCC1)NC(=O)[C@@H]2CCCl.C[C@]1(O)[C@@H](CCCl)C(=O)N[C@]1(C(=O)O)[C@@H](O)[C@@H]1C=CCCC1.C[C@]12OCC[C@H]1C(=O)N[C@]2(C(=O)O)[C@@H](O)[C@@H]1C=CCCC1.O. The summed E-state index contributed by atoms with van der Waals surface area (Å²) >= 11 is 16.1. The highest BCUT2D eigenvalue weighted by Crippen LogP contribution is 2.54. The predicted molar refractivity (Wildman–Crippen MR) is 246 cm³/mol. The first-order valence-electron chi connectivity index (χ1n) is 22.8. The van der Waals surface area contributed by atoms with Crippen LogP contribution in [0.1, 0.15) is 97.8 Å². The Balaban J connectivity index is 0.000000214. The second-order valence-corrected chi connectivity index (χ2v) is 19.7. The number of rotatable bonds is 12. The molecule has 0 bridgehead atoms. The maximum Gasteiger partial charge on any atom is 0.339 e. The van der Waals surface area contributed by atoms with E-state index in [4.69, 9.17) is 32.7 Å². The number of aliphatic hydroxyl groups is 4. The van der Waals surface area contributed by atoms with Crippen molar-refractivity contribution >= 4 is 70.4 Å². The van der Waals surface area contributed by atoms with Crippen LogP contribution in [0.15, 0.2) is 36.5 Å². The van der Waals surface area contributed by atoms with Gasteiger partial charge in [0.15, 0.2) is 16.7 Å². The Kier molecular flexibility index (Phi) is 18.6. The van der Waals surface area contributed by atoms with Crippen molar-refractivity contribution in [2.24, 2.45) is 35.5 Å². The van der Waals surface area contributed by atoms with E-state index in [0.717, 1.165) is 44.9 Å². The topological polar surface area (TPSA) is 310 Å². The summed E-state index contributed by atoms with van der Waals surface area (Å²) < 4.78 is 11.0. The van der Waals surface area contributed by atoms with Gasteiger partial charge in [0, 0.05) is 42.5 Å². The van der Waals surface area contributed by atoms with Crippen LogP contribution < -0.4 is 16.0 Å². The summed E-state index contributed by atoms with van der Waals surface area (Å²) in [4.78, 5) is 72.7. The summed E-state index contributed by atoms with van der Waals surface area (Å²) in [7, 11) is 0. The minimum Gasteiger partial charge on any atom is -0.479 e. The lowest BCUT2D eigenvalue weighted by Gasteiger charge is -2.54. The number of carbonyl (C=O) groups excluding carboxylic acids is 4. The molecule has 0 saturated carbocycles. The summed E-state index contributed by atoms with van der Waals surface area (Å²) in [6.07, 6.45) is 18.0. The molecule has 5 aliphatic heterocycles. The molecule has 11 N–H and O–H groups in total. The fourth-order valence-corrected chi connectivity index (χ4v) is 12.2. The number of hydrogen-bond donors (Lipinski definition) is 9. The molecule has 5 fully saturated rings. The van der Waals surface area contributed by atoms with E-state index in [1.165, 1.54) is 13.3 Å². The third-order valence-corrected chi connectivity index (χ3v) is 16.0. The molecule has 8 aliphatic rings. The zero-order chi connectivity index (χ0) is 49.0. The number of hydrogen-bond acceptors (Lipinski definition) is 12. The highest BCUT2D eigenvalue weighted by Gasteiger charge is 2.79. The molecule has 0 unspecified atom stereocenters. The van der Waals surface area contributed by atoms with E-state index < -0.39 is 99.2 Å². The minimum absolute atomic E-state index is 0. The van der Waals surface area contributed by atoms with Crippen molar-refractivity contribution in [3.05, 3.63) is 36.5 Å². The largest absolute Gasteiger partial charge is 0.479 e. The average Bonchev–Trinajstić information content (AvgIpc) is 3.94. The molecule has 378 valence electrons. The molecule has 0 radical (unpaired) electrons. The van der Waals surface area contributed by atoms with Gasteiger partial charge in [0.2, 0.25) is 23.3 Å². The second-order valence-electron chi connectivity index (χ2n) is 18.9. The summed E-state index contributed by atoms with van der Waals surface area (Å²) in [6, 6.07) is 0. The minimum atomic E-state index is -2.13. The Morgan fingerprint density at radius 1 is 0.672 bits per heavy atom. The second kappa shape index (κ2) is 22.2. The first kappa shape index (κ1) is 56.3. The molecule has 5 saturated heterocycles. The molecule has 67 heavy (non-hydrogen) atoms.